The fourth-order valence-corrected chi connectivity index (χ4v) is 3.33. The molecule has 1 aromatic rings. The van der Waals surface area contributed by atoms with Gasteiger partial charge in [-0.15, -0.1) is 0 Å². The summed E-state index contributed by atoms with van der Waals surface area (Å²) in [6, 6.07) is 11.2. The molecule has 106 valence electrons. The van der Waals surface area contributed by atoms with Crippen molar-refractivity contribution in [3.8, 4) is 0 Å². The molecule has 2 nitrogen and oxygen atoms in total. The Labute approximate surface area is 122 Å². The van der Waals surface area contributed by atoms with Crippen molar-refractivity contribution in [3.05, 3.63) is 59.7 Å². The second-order valence-corrected chi connectivity index (χ2v) is 6.42. The molecule has 1 fully saturated rings. The molecule has 0 aromatic heterocycles. The van der Waals surface area contributed by atoms with Crippen LogP contribution >= 0.6 is 0 Å². The van der Waals surface area contributed by atoms with Gasteiger partial charge >= 0.3 is 0 Å². The Kier molecular flexibility index (Phi) is 3.77. The Hall–Kier alpha value is -1.38. The Morgan fingerprint density at radius 1 is 1.20 bits per heavy atom. The third kappa shape index (κ3) is 2.58. The molecule has 2 heteroatoms. The SMILES string of the molecule is CC1(CN)CN(C(C2=CCCC=C2)c2ccccc2)C1. The van der Waals surface area contributed by atoms with E-state index in [4.69, 9.17) is 5.73 Å². The molecule has 1 atom stereocenters. The lowest BCUT2D eigenvalue weighted by Gasteiger charge is -2.51. The van der Waals surface area contributed by atoms with Crippen LogP contribution in [0.3, 0.4) is 0 Å². The highest BCUT2D eigenvalue weighted by atomic mass is 15.2. The minimum Gasteiger partial charge on any atom is -0.330 e. The first-order chi connectivity index (χ1) is 9.72. The highest BCUT2D eigenvalue weighted by Gasteiger charge is 2.41. The van der Waals surface area contributed by atoms with Crippen molar-refractivity contribution in [1.29, 1.82) is 0 Å². The van der Waals surface area contributed by atoms with Crippen molar-refractivity contribution >= 4 is 0 Å². The minimum atomic E-state index is 0.298. The first-order valence-corrected chi connectivity index (χ1v) is 7.57. The van der Waals surface area contributed by atoms with E-state index in [1.807, 2.05) is 0 Å². The standard InChI is InChI=1S/C18H24N2/c1-18(12-19)13-20(14-18)17(15-8-4-2-5-9-15)16-10-6-3-7-11-16/h2,4-6,8-11,17H,3,7,12-14,19H2,1H3. The fourth-order valence-electron chi connectivity index (χ4n) is 3.33. The van der Waals surface area contributed by atoms with Crippen LogP contribution in [0.1, 0.15) is 31.4 Å². The van der Waals surface area contributed by atoms with E-state index in [1.54, 1.807) is 0 Å². The van der Waals surface area contributed by atoms with E-state index in [0.717, 1.165) is 26.1 Å². The molecule has 0 bridgehead atoms. The lowest BCUT2D eigenvalue weighted by molar-refractivity contribution is -0.00160. The Bertz CT molecular complexity index is 509. The van der Waals surface area contributed by atoms with Gasteiger partial charge in [-0.05, 0) is 24.0 Å². The largest absolute Gasteiger partial charge is 0.330 e. The second-order valence-electron chi connectivity index (χ2n) is 6.42. The van der Waals surface area contributed by atoms with Gasteiger partial charge in [-0.1, -0.05) is 55.5 Å². The van der Waals surface area contributed by atoms with Gasteiger partial charge < -0.3 is 5.73 Å². The number of nitrogens with zero attached hydrogens (tertiary/aromatic N) is 1. The van der Waals surface area contributed by atoms with Gasteiger partial charge in [-0.2, -0.15) is 0 Å². The maximum absolute atomic E-state index is 5.89. The predicted molar refractivity (Wildman–Crippen MR) is 84.4 cm³/mol. The average molecular weight is 268 g/mol. The molecule has 1 aromatic carbocycles. The summed E-state index contributed by atoms with van der Waals surface area (Å²) in [6.45, 7) is 5.25. The number of hydrogen-bond donors (Lipinski definition) is 1. The lowest BCUT2D eigenvalue weighted by atomic mass is 9.78. The van der Waals surface area contributed by atoms with Crippen molar-refractivity contribution in [3.63, 3.8) is 0 Å². The summed E-state index contributed by atoms with van der Waals surface area (Å²) in [5.41, 5.74) is 9.03. The van der Waals surface area contributed by atoms with E-state index < -0.39 is 0 Å². The summed E-state index contributed by atoms with van der Waals surface area (Å²) in [6.07, 6.45) is 9.34. The van der Waals surface area contributed by atoms with Crippen LogP contribution in [0.15, 0.2) is 54.1 Å². The van der Waals surface area contributed by atoms with E-state index in [-0.39, 0.29) is 0 Å². The topological polar surface area (TPSA) is 29.3 Å². The van der Waals surface area contributed by atoms with Gasteiger partial charge in [-0.25, -0.2) is 0 Å². The lowest BCUT2D eigenvalue weighted by Crippen LogP contribution is -2.59. The molecular weight excluding hydrogens is 244 g/mol. The summed E-state index contributed by atoms with van der Waals surface area (Å²) >= 11 is 0. The summed E-state index contributed by atoms with van der Waals surface area (Å²) in [4.78, 5) is 2.56. The predicted octanol–water partition coefficient (Wildman–Crippen LogP) is 3.28. The monoisotopic (exact) mass is 268 g/mol. The third-order valence-electron chi connectivity index (χ3n) is 4.48. The smallest absolute Gasteiger partial charge is 0.0599 e. The van der Waals surface area contributed by atoms with Crippen LogP contribution in [0.2, 0.25) is 0 Å². The van der Waals surface area contributed by atoms with Crippen LogP contribution in [0.25, 0.3) is 0 Å². The number of allylic oxidation sites excluding steroid dienone is 2. The van der Waals surface area contributed by atoms with Crippen LogP contribution in [-0.4, -0.2) is 24.5 Å². The molecule has 20 heavy (non-hydrogen) atoms. The molecule has 1 unspecified atom stereocenters. The molecule has 2 N–H and O–H groups in total. The van der Waals surface area contributed by atoms with Crippen molar-refractivity contribution in [2.75, 3.05) is 19.6 Å². The van der Waals surface area contributed by atoms with Gasteiger partial charge in [0.1, 0.15) is 0 Å². The van der Waals surface area contributed by atoms with E-state index >= 15 is 0 Å². The third-order valence-corrected chi connectivity index (χ3v) is 4.48. The number of rotatable bonds is 4. The minimum absolute atomic E-state index is 0.298. The maximum atomic E-state index is 5.89. The second kappa shape index (κ2) is 5.55. The first kappa shape index (κ1) is 13.6. The molecule has 0 radical (unpaired) electrons. The highest BCUT2D eigenvalue weighted by Crippen LogP contribution is 2.40. The van der Waals surface area contributed by atoms with Crippen LogP contribution < -0.4 is 5.73 Å². The molecule has 0 spiro atoms. The molecule has 0 saturated carbocycles. The summed E-state index contributed by atoms with van der Waals surface area (Å²) < 4.78 is 0. The van der Waals surface area contributed by atoms with E-state index in [9.17, 15) is 0 Å². The Balaban J connectivity index is 1.86. The van der Waals surface area contributed by atoms with Gasteiger partial charge in [0.05, 0.1) is 6.04 Å². The van der Waals surface area contributed by atoms with Crippen molar-refractivity contribution in [1.82, 2.24) is 4.90 Å². The van der Waals surface area contributed by atoms with Gasteiger partial charge in [0.15, 0.2) is 0 Å². The maximum Gasteiger partial charge on any atom is 0.0599 e. The van der Waals surface area contributed by atoms with E-state index in [1.165, 1.54) is 17.6 Å². The van der Waals surface area contributed by atoms with Crippen LogP contribution in [0.5, 0.6) is 0 Å². The average Bonchev–Trinajstić information content (AvgIpc) is 2.48. The van der Waals surface area contributed by atoms with E-state index in [2.05, 4.69) is 60.4 Å². The number of nitrogens with two attached hydrogens (primary N) is 1. The zero-order chi connectivity index (χ0) is 14.0. The molecule has 2 aliphatic rings. The zero-order valence-electron chi connectivity index (χ0n) is 12.3. The first-order valence-electron chi connectivity index (χ1n) is 7.57. The molecule has 3 rings (SSSR count). The van der Waals surface area contributed by atoms with Crippen LogP contribution in [0, 0.1) is 5.41 Å². The molecule has 1 heterocycles. The van der Waals surface area contributed by atoms with Gasteiger partial charge in [0.2, 0.25) is 0 Å². The normalized spacial score (nSPS) is 23.0. The molecule has 1 aliphatic heterocycles. The van der Waals surface area contributed by atoms with Crippen molar-refractivity contribution < 1.29 is 0 Å². The summed E-state index contributed by atoms with van der Waals surface area (Å²) in [5, 5.41) is 0. The zero-order valence-corrected chi connectivity index (χ0v) is 12.3. The van der Waals surface area contributed by atoms with Gasteiger partial charge in [0, 0.05) is 25.0 Å². The van der Waals surface area contributed by atoms with Gasteiger partial charge in [0.25, 0.3) is 0 Å². The molecule has 1 saturated heterocycles. The fraction of sp³-hybridized carbons (Fsp3) is 0.444. The van der Waals surface area contributed by atoms with Gasteiger partial charge in [-0.3, -0.25) is 4.90 Å². The van der Waals surface area contributed by atoms with Crippen molar-refractivity contribution in [2.45, 2.75) is 25.8 Å². The molecular formula is C18H24N2. The molecule has 0 amide bonds. The van der Waals surface area contributed by atoms with Crippen LogP contribution in [-0.2, 0) is 0 Å². The molecule has 1 aliphatic carbocycles. The van der Waals surface area contributed by atoms with E-state index in [0.29, 0.717) is 11.5 Å². The highest BCUT2D eigenvalue weighted by molar-refractivity contribution is 5.36. The summed E-state index contributed by atoms with van der Waals surface area (Å²) in [7, 11) is 0. The van der Waals surface area contributed by atoms with Crippen molar-refractivity contribution in [2.24, 2.45) is 11.1 Å². The summed E-state index contributed by atoms with van der Waals surface area (Å²) in [5.74, 6) is 0. The number of benzene rings is 1. The van der Waals surface area contributed by atoms with Crippen LogP contribution in [0.4, 0.5) is 0 Å². The number of hydrogen-bond acceptors (Lipinski definition) is 2. The number of likely N-dealkylation sites (tertiary alicyclic amines) is 1. The Morgan fingerprint density at radius 3 is 2.55 bits per heavy atom. The Morgan fingerprint density at radius 2 is 1.95 bits per heavy atom. The quantitative estimate of drug-likeness (QED) is 0.908.